The van der Waals surface area contributed by atoms with Gasteiger partial charge in [0.05, 0.1) is 15.1 Å². The van der Waals surface area contributed by atoms with E-state index < -0.39 is 25.2 Å². The summed E-state index contributed by atoms with van der Waals surface area (Å²) in [6.07, 6.45) is 2.41. The summed E-state index contributed by atoms with van der Waals surface area (Å²) in [5.74, 6) is 0. The lowest BCUT2D eigenvalue weighted by atomic mass is 10.1. The third-order valence-electron chi connectivity index (χ3n) is 1.97. The van der Waals surface area contributed by atoms with Gasteiger partial charge in [-0.25, -0.2) is 0 Å². The first-order valence-corrected chi connectivity index (χ1v) is 4.13. The van der Waals surface area contributed by atoms with Crippen molar-refractivity contribution >= 4 is 17.1 Å². The smallest absolute Gasteiger partial charge is 0.104 e. The second-order valence-electron chi connectivity index (χ2n) is 2.80. The van der Waals surface area contributed by atoms with Crippen LogP contribution in [0, 0.1) is 0 Å². The van der Waals surface area contributed by atoms with Crippen molar-refractivity contribution in [2.24, 2.45) is 5.16 Å². The van der Waals surface area contributed by atoms with Crippen molar-refractivity contribution in [3.8, 4) is 0 Å². The molecule has 2 aromatic rings. The molecule has 15 heavy (non-hydrogen) atoms. The molecule has 0 unspecified atom stereocenters. The molecule has 1 heterocycles. The molecule has 0 aliphatic rings. The average Bonchev–Trinajstić information content (AvgIpc) is 2.76. The quantitative estimate of drug-likeness (QED) is 0.477. The largest absolute Gasteiger partial charge is 0.417 e. The first kappa shape index (κ1) is 4.26. The molecular weight excluding hydrogens is 192 g/mol. The average molecular weight is 211 g/mol. The highest BCUT2D eigenvalue weighted by Gasteiger charge is 2.06. The van der Waals surface area contributed by atoms with Crippen LogP contribution in [0.25, 0.3) is 10.9 Å². The molecule has 0 aliphatic carbocycles. The molecule has 1 aromatic heterocycles. The zero-order valence-electron chi connectivity index (χ0n) is 14.6. The van der Waals surface area contributed by atoms with Gasteiger partial charge in [0, 0.05) is 24.2 Å². The van der Waals surface area contributed by atoms with Crippen molar-refractivity contribution in [3.05, 3.63) is 35.9 Å². The van der Waals surface area contributed by atoms with Gasteiger partial charge in [0.1, 0.15) is 7.04 Å². The first-order valence-electron chi connectivity index (χ1n) is 7.63. The minimum Gasteiger partial charge on any atom is -0.417 e. The van der Waals surface area contributed by atoms with Gasteiger partial charge in [0.15, 0.2) is 0 Å². The Balaban J connectivity index is 2.81. The fraction of sp³-hybridized carbons (Fsp3) is 0.182. The Kier molecular flexibility index (Phi) is 1.15. The molecule has 0 spiro atoms. The second-order valence-corrected chi connectivity index (χ2v) is 2.80. The molecule has 4 nitrogen and oxygen atoms in total. The molecule has 0 fully saturated rings. The van der Waals surface area contributed by atoms with Crippen molar-refractivity contribution in [2.75, 3.05) is 7.04 Å². The molecule has 0 radical (unpaired) electrons. The highest BCUT2D eigenvalue weighted by atomic mass is 16.6. The van der Waals surface area contributed by atoms with Crippen LogP contribution in [0.1, 0.15) is 15.2 Å². The number of oxime groups is 1. The van der Waals surface area contributed by atoms with Crippen molar-refractivity contribution in [1.29, 1.82) is 0 Å². The van der Waals surface area contributed by atoms with E-state index in [0.717, 1.165) is 10.9 Å². The zero-order valence-corrected chi connectivity index (χ0v) is 7.61. The first-order chi connectivity index (χ1) is 10.2. The lowest BCUT2D eigenvalue weighted by Gasteiger charge is -2.00. The molecule has 0 saturated carbocycles. The summed E-state index contributed by atoms with van der Waals surface area (Å²) in [6, 6.07) is -1.66. The summed E-state index contributed by atoms with van der Waals surface area (Å²) >= 11 is 0. The standard InChI is InChI=1S/C11H12N2O2/c1-15-13-8-9(6-7-12-14)10-4-2-3-5-11(10)13/h2-5,7-8,14H,6H2,1H3/b12-7+/i1D3,2D,3D,4D,5D. The van der Waals surface area contributed by atoms with E-state index in [2.05, 4.69) is 5.16 Å². The highest BCUT2D eigenvalue weighted by Crippen LogP contribution is 2.20. The van der Waals surface area contributed by atoms with Gasteiger partial charge in [-0.2, -0.15) is 4.73 Å². The van der Waals surface area contributed by atoms with Crippen molar-refractivity contribution in [2.45, 2.75) is 6.42 Å². The maximum Gasteiger partial charge on any atom is 0.104 e. The van der Waals surface area contributed by atoms with Gasteiger partial charge in [-0.1, -0.05) is 18.1 Å². The van der Waals surface area contributed by atoms with Crippen LogP contribution >= 0.6 is 0 Å². The topological polar surface area (TPSA) is 46.8 Å². The summed E-state index contributed by atoms with van der Waals surface area (Å²) in [6.45, 7) is 0. The molecule has 0 amide bonds. The van der Waals surface area contributed by atoms with Crippen molar-refractivity contribution < 1.29 is 19.6 Å². The fourth-order valence-corrected chi connectivity index (χ4v) is 1.34. The molecule has 0 aliphatic heterocycles. The number of nitrogens with zero attached hydrogens (tertiary/aromatic N) is 2. The van der Waals surface area contributed by atoms with Gasteiger partial charge in [-0.3, -0.25) is 0 Å². The fourth-order valence-electron chi connectivity index (χ4n) is 1.34. The van der Waals surface area contributed by atoms with Gasteiger partial charge in [0.2, 0.25) is 0 Å². The van der Waals surface area contributed by atoms with E-state index in [4.69, 9.17) is 19.6 Å². The van der Waals surface area contributed by atoms with Gasteiger partial charge in [-0.05, 0) is 11.6 Å². The normalized spacial score (nSPS) is 18.8. The predicted octanol–water partition coefficient (Wildman–Crippen LogP) is 1.70. The Hall–Kier alpha value is -1.97. The summed E-state index contributed by atoms with van der Waals surface area (Å²) in [7, 11) is -2.79. The number of hydrogen-bond donors (Lipinski definition) is 1. The van der Waals surface area contributed by atoms with Crippen molar-refractivity contribution in [3.63, 3.8) is 0 Å². The van der Waals surface area contributed by atoms with Crippen LogP contribution < -0.4 is 4.84 Å². The van der Waals surface area contributed by atoms with Crippen LogP contribution in [-0.4, -0.2) is 23.2 Å². The Labute approximate surface area is 97.2 Å². The maximum absolute atomic E-state index is 8.51. The Morgan fingerprint density at radius 1 is 1.67 bits per heavy atom. The Morgan fingerprint density at radius 2 is 2.53 bits per heavy atom. The van der Waals surface area contributed by atoms with E-state index in [1.807, 2.05) is 0 Å². The summed E-state index contributed by atoms with van der Waals surface area (Å²) in [5, 5.41) is 11.5. The van der Waals surface area contributed by atoms with Crippen LogP contribution in [0.3, 0.4) is 0 Å². The zero-order chi connectivity index (χ0) is 16.7. The van der Waals surface area contributed by atoms with Gasteiger partial charge < -0.3 is 10.0 Å². The minimum absolute atomic E-state index is 0.0481. The van der Waals surface area contributed by atoms with Crippen LogP contribution in [0.4, 0.5) is 0 Å². The number of rotatable bonds is 3. The summed E-state index contributed by atoms with van der Waals surface area (Å²) in [4.78, 5) is 4.77. The lowest BCUT2D eigenvalue weighted by molar-refractivity contribution is 0.179. The number of fused-ring (bicyclic) bond motifs is 1. The number of aromatic nitrogens is 1. The van der Waals surface area contributed by atoms with E-state index in [-0.39, 0.29) is 23.4 Å². The SMILES string of the molecule is [2H]c1c([2H])c([2H])c2c(c(C/C=N/O)cn2OC([2H])([2H])[2H])c1[2H]. The van der Waals surface area contributed by atoms with E-state index in [1.54, 1.807) is 0 Å². The molecule has 1 N–H and O–H groups in total. The van der Waals surface area contributed by atoms with Crippen molar-refractivity contribution in [1.82, 2.24) is 4.73 Å². The predicted molar refractivity (Wildman–Crippen MR) is 58.4 cm³/mol. The second kappa shape index (κ2) is 4.04. The van der Waals surface area contributed by atoms with Crippen LogP contribution in [-0.2, 0) is 6.42 Å². The minimum atomic E-state index is -2.79. The molecule has 0 saturated heterocycles. The van der Waals surface area contributed by atoms with Gasteiger partial charge >= 0.3 is 0 Å². The van der Waals surface area contributed by atoms with Gasteiger partial charge in [-0.15, -0.1) is 5.16 Å². The molecule has 0 bridgehead atoms. The highest BCUT2D eigenvalue weighted by molar-refractivity contribution is 5.85. The maximum atomic E-state index is 8.51. The number of benzene rings is 1. The Bertz CT molecular complexity index is 751. The molecule has 78 valence electrons. The van der Waals surface area contributed by atoms with Crippen LogP contribution in [0.2, 0.25) is 0 Å². The third kappa shape index (κ3) is 1.66. The lowest BCUT2D eigenvalue weighted by Crippen LogP contribution is -2.02. The third-order valence-corrected chi connectivity index (χ3v) is 1.97. The van der Waals surface area contributed by atoms with E-state index >= 15 is 0 Å². The van der Waals surface area contributed by atoms with E-state index in [0.29, 0.717) is 5.56 Å². The van der Waals surface area contributed by atoms with Gasteiger partial charge in [0.25, 0.3) is 0 Å². The number of hydrogen-bond acceptors (Lipinski definition) is 3. The van der Waals surface area contributed by atoms with E-state index in [9.17, 15) is 0 Å². The molecule has 2 rings (SSSR count). The summed E-state index contributed by atoms with van der Waals surface area (Å²) in [5.41, 5.74) is 0.271. The molecule has 1 aromatic carbocycles. The Morgan fingerprint density at radius 3 is 3.33 bits per heavy atom. The molecular formula is C11H12N2O2. The monoisotopic (exact) mass is 211 g/mol. The molecule has 0 atom stereocenters. The van der Waals surface area contributed by atoms with E-state index in [1.165, 1.54) is 6.20 Å². The van der Waals surface area contributed by atoms with Crippen LogP contribution in [0.5, 0.6) is 0 Å². The number of para-hydroxylation sites is 1. The molecule has 4 heteroatoms. The summed E-state index contributed by atoms with van der Waals surface area (Å²) < 4.78 is 53.4. The van der Waals surface area contributed by atoms with Crippen LogP contribution in [0.15, 0.2) is 35.5 Å².